The van der Waals surface area contributed by atoms with E-state index in [1.165, 1.54) is 12.3 Å². The van der Waals surface area contributed by atoms with Crippen LogP contribution in [-0.4, -0.2) is 35.4 Å². The van der Waals surface area contributed by atoms with Gasteiger partial charge >= 0.3 is 5.69 Å². The zero-order valence-corrected chi connectivity index (χ0v) is 15.2. The van der Waals surface area contributed by atoms with E-state index in [9.17, 15) is 9.18 Å². The Labute approximate surface area is 159 Å². The summed E-state index contributed by atoms with van der Waals surface area (Å²) >= 11 is 0. The van der Waals surface area contributed by atoms with Crippen molar-refractivity contribution in [2.45, 2.75) is 31.7 Å². The van der Waals surface area contributed by atoms with E-state index in [0.29, 0.717) is 40.8 Å². The standard InChI is InChI=1S/C19H20FN7O/c20-12-3-6-16-22-9-15(26(16)10-12)17-23-8-14-18(25-17)27(19(28)24-14)13-4-1-11(7-21)2-5-13/h3,6,8-11,13H,1-2,4-5,7,21H2,(H,24,28). The van der Waals surface area contributed by atoms with Crippen molar-refractivity contribution < 1.29 is 4.39 Å². The number of fused-ring (bicyclic) bond motifs is 2. The highest BCUT2D eigenvalue weighted by Crippen LogP contribution is 2.32. The predicted octanol–water partition coefficient (Wildman–Crippen LogP) is 2.26. The molecule has 9 heteroatoms. The summed E-state index contributed by atoms with van der Waals surface area (Å²) in [6.45, 7) is 0.687. The van der Waals surface area contributed by atoms with Gasteiger partial charge in [0.15, 0.2) is 11.5 Å². The first-order chi connectivity index (χ1) is 13.6. The molecule has 0 unspecified atom stereocenters. The van der Waals surface area contributed by atoms with E-state index in [0.717, 1.165) is 25.7 Å². The van der Waals surface area contributed by atoms with Gasteiger partial charge in [0.25, 0.3) is 0 Å². The predicted molar refractivity (Wildman–Crippen MR) is 102 cm³/mol. The number of hydrogen-bond acceptors (Lipinski definition) is 5. The van der Waals surface area contributed by atoms with Gasteiger partial charge in [-0.2, -0.15) is 0 Å². The van der Waals surface area contributed by atoms with Gasteiger partial charge in [-0.3, -0.25) is 8.97 Å². The summed E-state index contributed by atoms with van der Waals surface area (Å²) in [5.41, 5.74) is 7.94. The van der Waals surface area contributed by atoms with Gasteiger partial charge in [0.2, 0.25) is 0 Å². The lowest BCUT2D eigenvalue weighted by molar-refractivity contribution is 0.279. The number of aromatic amines is 1. The third kappa shape index (κ3) is 2.70. The number of nitrogens with two attached hydrogens (primary N) is 1. The van der Waals surface area contributed by atoms with Gasteiger partial charge in [-0.1, -0.05) is 0 Å². The molecule has 0 saturated heterocycles. The highest BCUT2D eigenvalue weighted by atomic mass is 19.1. The summed E-state index contributed by atoms with van der Waals surface area (Å²) in [6, 6.07) is 3.04. The van der Waals surface area contributed by atoms with Crippen LogP contribution in [0.4, 0.5) is 4.39 Å². The molecule has 0 aliphatic heterocycles. The molecule has 8 nitrogen and oxygen atoms in total. The third-order valence-electron chi connectivity index (χ3n) is 5.67. The van der Waals surface area contributed by atoms with E-state index in [2.05, 4.69) is 19.9 Å². The molecule has 28 heavy (non-hydrogen) atoms. The van der Waals surface area contributed by atoms with Crippen molar-refractivity contribution >= 4 is 16.8 Å². The molecule has 1 aliphatic carbocycles. The molecule has 1 fully saturated rings. The summed E-state index contributed by atoms with van der Waals surface area (Å²) in [7, 11) is 0. The molecule has 0 amide bonds. The minimum Gasteiger partial charge on any atom is -0.330 e. The molecule has 0 atom stereocenters. The fraction of sp³-hybridized carbons (Fsp3) is 0.368. The molecule has 144 valence electrons. The largest absolute Gasteiger partial charge is 0.330 e. The number of imidazole rings is 2. The van der Waals surface area contributed by atoms with Crippen molar-refractivity contribution in [3.63, 3.8) is 0 Å². The number of H-pyrrole nitrogens is 1. The van der Waals surface area contributed by atoms with Gasteiger partial charge < -0.3 is 10.7 Å². The van der Waals surface area contributed by atoms with Crippen LogP contribution < -0.4 is 11.4 Å². The summed E-state index contributed by atoms with van der Waals surface area (Å²) in [6.07, 6.45) is 8.36. The molecule has 0 radical (unpaired) electrons. The van der Waals surface area contributed by atoms with Crippen molar-refractivity contribution in [2.24, 2.45) is 11.7 Å². The lowest BCUT2D eigenvalue weighted by Gasteiger charge is -2.28. The highest BCUT2D eigenvalue weighted by Gasteiger charge is 2.25. The zero-order valence-electron chi connectivity index (χ0n) is 15.2. The monoisotopic (exact) mass is 381 g/mol. The summed E-state index contributed by atoms with van der Waals surface area (Å²) in [5.74, 6) is 0.549. The van der Waals surface area contributed by atoms with Crippen molar-refractivity contribution in [3.8, 4) is 11.5 Å². The molecule has 4 aromatic rings. The zero-order chi connectivity index (χ0) is 19.3. The molecular weight excluding hydrogens is 361 g/mol. The maximum absolute atomic E-state index is 13.7. The average Bonchev–Trinajstić information content (AvgIpc) is 3.27. The van der Waals surface area contributed by atoms with Crippen LogP contribution in [-0.2, 0) is 0 Å². The van der Waals surface area contributed by atoms with Crippen molar-refractivity contribution in [1.82, 2.24) is 28.9 Å². The molecule has 4 aromatic heterocycles. The Morgan fingerprint density at radius 2 is 2.00 bits per heavy atom. The third-order valence-corrected chi connectivity index (χ3v) is 5.67. The van der Waals surface area contributed by atoms with Crippen molar-refractivity contribution in [1.29, 1.82) is 0 Å². The van der Waals surface area contributed by atoms with E-state index in [1.54, 1.807) is 27.4 Å². The van der Waals surface area contributed by atoms with Gasteiger partial charge in [0, 0.05) is 12.2 Å². The Hall–Kier alpha value is -3.07. The summed E-state index contributed by atoms with van der Waals surface area (Å²) in [5, 5.41) is 0. The fourth-order valence-electron chi connectivity index (χ4n) is 4.14. The Bertz CT molecular complexity index is 1220. The van der Waals surface area contributed by atoms with Gasteiger partial charge in [-0.25, -0.2) is 24.1 Å². The lowest BCUT2D eigenvalue weighted by atomic mass is 9.86. The van der Waals surface area contributed by atoms with E-state index in [1.807, 2.05) is 0 Å². The van der Waals surface area contributed by atoms with E-state index >= 15 is 0 Å². The normalized spacial score (nSPS) is 20.2. The van der Waals surface area contributed by atoms with Gasteiger partial charge in [0.1, 0.15) is 22.7 Å². The quantitative estimate of drug-likeness (QED) is 0.566. The first-order valence-electron chi connectivity index (χ1n) is 9.44. The number of nitrogens with zero attached hydrogens (tertiary/aromatic N) is 5. The fourth-order valence-corrected chi connectivity index (χ4v) is 4.14. The van der Waals surface area contributed by atoms with Crippen LogP contribution in [0.3, 0.4) is 0 Å². The first kappa shape index (κ1) is 17.1. The average molecular weight is 381 g/mol. The van der Waals surface area contributed by atoms with Gasteiger partial charge in [-0.15, -0.1) is 0 Å². The highest BCUT2D eigenvalue weighted by molar-refractivity contribution is 5.72. The molecule has 0 bridgehead atoms. The molecule has 4 heterocycles. The minimum atomic E-state index is -0.372. The van der Waals surface area contributed by atoms with Crippen LogP contribution in [0.15, 0.2) is 35.5 Å². The van der Waals surface area contributed by atoms with Crippen LogP contribution in [0.1, 0.15) is 31.7 Å². The summed E-state index contributed by atoms with van der Waals surface area (Å²) in [4.78, 5) is 28.7. The van der Waals surface area contributed by atoms with Crippen LogP contribution in [0, 0.1) is 11.7 Å². The second kappa shape index (κ2) is 6.52. The number of nitrogens with one attached hydrogen (secondary N) is 1. The number of aromatic nitrogens is 6. The Morgan fingerprint density at radius 1 is 1.18 bits per heavy atom. The smallest absolute Gasteiger partial charge is 0.327 e. The molecule has 0 aromatic carbocycles. The van der Waals surface area contributed by atoms with Crippen molar-refractivity contribution in [2.75, 3.05) is 6.54 Å². The Balaban J connectivity index is 1.61. The summed E-state index contributed by atoms with van der Waals surface area (Å²) < 4.78 is 17.0. The number of rotatable bonds is 3. The van der Waals surface area contributed by atoms with Crippen LogP contribution in [0.2, 0.25) is 0 Å². The van der Waals surface area contributed by atoms with Gasteiger partial charge in [-0.05, 0) is 50.3 Å². The topological polar surface area (TPSA) is 107 Å². The van der Waals surface area contributed by atoms with E-state index < -0.39 is 0 Å². The Morgan fingerprint density at radius 3 is 2.79 bits per heavy atom. The van der Waals surface area contributed by atoms with E-state index in [4.69, 9.17) is 5.73 Å². The molecule has 0 spiro atoms. The van der Waals surface area contributed by atoms with Gasteiger partial charge in [0.05, 0.1) is 12.4 Å². The number of pyridine rings is 1. The van der Waals surface area contributed by atoms with Crippen LogP contribution >= 0.6 is 0 Å². The van der Waals surface area contributed by atoms with Crippen LogP contribution in [0.25, 0.3) is 28.3 Å². The second-order valence-corrected chi connectivity index (χ2v) is 7.36. The second-order valence-electron chi connectivity index (χ2n) is 7.36. The molecule has 1 saturated carbocycles. The molecule has 3 N–H and O–H groups in total. The van der Waals surface area contributed by atoms with E-state index in [-0.39, 0.29) is 17.5 Å². The number of halogens is 1. The molecule has 1 aliphatic rings. The van der Waals surface area contributed by atoms with Crippen molar-refractivity contribution in [3.05, 3.63) is 47.0 Å². The minimum absolute atomic E-state index is 0.0893. The Kier molecular flexibility index (Phi) is 3.97. The maximum Gasteiger partial charge on any atom is 0.327 e. The lowest BCUT2D eigenvalue weighted by Crippen LogP contribution is -2.28. The first-order valence-corrected chi connectivity index (χ1v) is 9.44. The maximum atomic E-state index is 13.7. The molecule has 5 rings (SSSR count). The SMILES string of the molecule is NCC1CCC(n2c(=O)[nH]c3cnc(-c4cnc5ccc(F)cn45)nc32)CC1. The molecular formula is C19H20FN7O. The van der Waals surface area contributed by atoms with Crippen LogP contribution in [0.5, 0.6) is 0 Å². The number of hydrogen-bond donors (Lipinski definition) is 2.